The second-order valence-electron chi connectivity index (χ2n) is 6.81. The van der Waals surface area contributed by atoms with Crippen LogP contribution in [0.25, 0.3) is 0 Å². The molecule has 0 amide bonds. The van der Waals surface area contributed by atoms with Gasteiger partial charge in [-0.2, -0.15) is 0 Å². The van der Waals surface area contributed by atoms with Gasteiger partial charge in [0.05, 0.1) is 0 Å². The fourth-order valence-corrected chi connectivity index (χ4v) is 2.86. The van der Waals surface area contributed by atoms with E-state index in [2.05, 4.69) is 33.0 Å². The molecule has 0 saturated carbocycles. The summed E-state index contributed by atoms with van der Waals surface area (Å²) in [4.78, 5) is 24.0. The average molecular weight is 333 g/mol. The normalized spacial score (nSPS) is 17.3. The van der Waals surface area contributed by atoms with Gasteiger partial charge in [0.25, 0.3) is 0 Å². The third-order valence-electron chi connectivity index (χ3n) is 4.21. The summed E-state index contributed by atoms with van der Waals surface area (Å²) >= 11 is 0. The summed E-state index contributed by atoms with van der Waals surface area (Å²) in [5.74, 6) is 0.137. The molecule has 1 aliphatic rings. The fraction of sp³-hybridized carbons (Fsp3) is 0.579. The van der Waals surface area contributed by atoms with E-state index in [-0.39, 0.29) is 30.5 Å². The molecule has 1 aliphatic heterocycles. The van der Waals surface area contributed by atoms with Gasteiger partial charge in [-0.15, -0.1) is 0 Å². The van der Waals surface area contributed by atoms with Crippen LogP contribution in [0.15, 0.2) is 18.2 Å². The number of carbonyl (C=O) groups excluding carboxylic acids is 2. The van der Waals surface area contributed by atoms with Crippen LogP contribution < -0.4 is 10.1 Å². The Morgan fingerprint density at radius 2 is 1.79 bits per heavy atom. The number of hydrogen-bond donors (Lipinski definition) is 1. The Morgan fingerprint density at radius 3 is 2.29 bits per heavy atom. The van der Waals surface area contributed by atoms with Gasteiger partial charge >= 0.3 is 11.9 Å². The van der Waals surface area contributed by atoms with E-state index in [1.807, 2.05) is 18.2 Å². The molecule has 1 atom stereocenters. The third kappa shape index (κ3) is 4.57. The van der Waals surface area contributed by atoms with Gasteiger partial charge in [0.2, 0.25) is 0 Å². The zero-order valence-electron chi connectivity index (χ0n) is 14.9. The maximum atomic E-state index is 12.2. The highest BCUT2D eigenvalue weighted by Crippen LogP contribution is 2.34. The van der Waals surface area contributed by atoms with Gasteiger partial charge in [-0.3, -0.25) is 4.79 Å². The topological polar surface area (TPSA) is 64.6 Å². The summed E-state index contributed by atoms with van der Waals surface area (Å²) in [5, 5.41) is 3.05. The Labute approximate surface area is 143 Å². The Hall–Kier alpha value is -1.88. The molecule has 0 aliphatic carbocycles. The summed E-state index contributed by atoms with van der Waals surface area (Å²) in [6.45, 7) is 8.68. The minimum Gasteiger partial charge on any atom is -0.452 e. The lowest BCUT2D eigenvalue weighted by Crippen LogP contribution is -2.34. The van der Waals surface area contributed by atoms with Gasteiger partial charge in [0, 0.05) is 0 Å². The van der Waals surface area contributed by atoms with Gasteiger partial charge in [-0.25, -0.2) is 4.79 Å². The number of benzene rings is 1. The molecule has 1 heterocycles. The summed E-state index contributed by atoms with van der Waals surface area (Å²) in [7, 11) is 0. The van der Waals surface area contributed by atoms with Gasteiger partial charge in [0.15, 0.2) is 6.61 Å². The van der Waals surface area contributed by atoms with Crippen molar-refractivity contribution in [3.63, 3.8) is 0 Å². The number of rotatable bonds is 6. The molecule has 5 heteroatoms. The van der Waals surface area contributed by atoms with Gasteiger partial charge < -0.3 is 14.8 Å². The van der Waals surface area contributed by atoms with Crippen molar-refractivity contribution in [1.82, 2.24) is 5.32 Å². The van der Waals surface area contributed by atoms with Crippen molar-refractivity contribution in [3.8, 4) is 5.75 Å². The molecular weight excluding hydrogens is 306 g/mol. The van der Waals surface area contributed by atoms with Crippen LogP contribution in [0.4, 0.5) is 0 Å². The zero-order chi connectivity index (χ0) is 17.7. The lowest BCUT2D eigenvalue weighted by atomic mass is 9.94. The van der Waals surface area contributed by atoms with E-state index in [9.17, 15) is 9.59 Å². The van der Waals surface area contributed by atoms with E-state index in [0.29, 0.717) is 5.75 Å². The van der Waals surface area contributed by atoms with E-state index >= 15 is 0 Å². The third-order valence-corrected chi connectivity index (χ3v) is 4.21. The van der Waals surface area contributed by atoms with Crippen LogP contribution in [0.2, 0.25) is 0 Å². The maximum absolute atomic E-state index is 12.2. The largest absolute Gasteiger partial charge is 0.452 e. The summed E-state index contributed by atoms with van der Waals surface area (Å²) in [6, 6.07) is 5.61. The summed E-state index contributed by atoms with van der Waals surface area (Å²) in [6.07, 6.45) is 1.70. The lowest BCUT2D eigenvalue weighted by Gasteiger charge is -2.19. The van der Waals surface area contributed by atoms with Crippen molar-refractivity contribution < 1.29 is 19.1 Å². The van der Waals surface area contributed by atoms with Gasteiger partial charge in [-0.05, 0) is 42.3 Å². The van der Waals surface area contributed by atoms with Crippen molar-refractivity contribution >= 4 is 11.9 Å². The second kappa shape index (κ2) is 8.29. The molecule has 2 rings (SSSR count). The van der Waals surface area contributed by atoms with Crippen molar-refractivity contribution in [2.45, 2.75) is 58.4 Å². The van der Waals surface area contributed by atoms with Crippen molar-refractivity contribution in [2.24, 2.45) is 0 Å². The van der Waals surface area contributed by atoms with Crippen LogP contribution >= 0.6 is 0 Å². The number of hydrogen-bond acceptors (Lipinski definition) is 5. The molecule has 1 fully saturated rings. The van der Waals surface area contributed by atoms with Crippen LogP contribution in [0, 0.1) is 0 Å². The highest BCUT2D eigenvalue weighted by Gasteiger charge is 2.25. The van der Waals surface area contributed by atoms with Crippen LogP contribution in [0.3, 0.4) is 0 Å². The molecule has 1 unspecified atom stereocenters. The molecule has 0 spiro atoms. The Bertz CT molecular complexity index is 563. The van der Waals surface area contributed by atoms with Crippen molar-refractivity contribution in [1.29, 1.82) is 0 Å². The number of para-hydroxylation sites is 1. The molecule has 0 aromatic heterocycles. The zero-order valence-corrected chi connectivity index (χ0v) is 14.9. The van der Waals surface area contributed by atoms with Gasteiger partial charge in [-0.1, -0.05) is 45.9 Å². The lowest BCUT2D eigenvalue weighted by molar-refractivity contribution is -0.155. The number of nitrogens with one attached hydrogen (secondary N) is 1. The second-order valence-corrected chi connectivity index (χ2v) is 6.81. The molecule has 0 radical (unpaired) electrons. The highest BCUT2D eigenvalue weighted by molar-refractivity contribution is 5.81. The van der Waals surface area contributed by atoms with Crippen LogP contribution in [-0.2, 0) is 14.3 Å². The molecule has 5 nitrogen and oxygen atoms in total. The van der Waals surface area contributed by atoms with Crippen LogP contribution in [-0.4, -0.2) is 31.1 Å². The van der Waals surface area contributed by atoms with Crippen LogP contribution in [0.1, 0.15) is 63.5 Å². The maximum Gasteiger partial charge on any atom is 0.349 e. The number of carbonyl (C=O) groups is 2. The monoisotopic (exact) mass is 333 g/mol. The van der Waals surface area contributed by atoms with Crippen molar-refractivity contribution in [3.05, 3.63) is 29.3 Å². The average Bonchev–Trinajstić information content (AvgIpc) is 3.06. The number of esters is 2. The molecule has 0 bridgehead atoms. The molecule has 1 aromatic carbocycles. The predicted octanol–water partition coefficient (Wildman–Crippen LogP) is 3.13. The molecule has 1 saturated heterocycles. The first kappa shape index (κ1) is 18.5. The molecule has 132 valence electrons. The SMILES string of the molecule is CC(C)c1cccc(C(C)C)c1OC(=O)COC(=O)C1CCCN1. The molecule has 1 aromatic rings. The Balaban J connectivity index is 2.03. The molecular formula is C19H27NO4. The predicted molar refractivity (Wildman–Crippen MR) is 92.2 cm³/mol. The first-order valence-corrected chi connectivity index (χ1v) is 8.63. The van der Waals surface area contributed by atoms with Crippen molar-refractivity contribution in [2.75, 3.05) is 13.2 Å². The molecule has 24 heavy (non-hydrogen) atoms. The van der Waals surface area contributed by atoms with E-state index in [1.165, 1.54) is 0 Å². The standard InChI is InChI=1S/C19H27NO4/c1-12(2)14-7-5-8-15(13(3)4)18(14)24-17(21)11-23-19(22)16-9-6-10-20-16/h5,7-8,12-13,16,20H,6,9-11H2,1-4H3. The highest BCUT2D eigenvalue weighted by atomic mass is 16.6. The first-order chi connectivity index (χ1) is 11.4. The summed E-state index contributed by atoms with van der Waals surface area (Å²) < 4.78 is 10.7. The Morgan fingerprint density at radius 1 is 1.17 bits per heavy atom. The van der Waals surface area contributed by atoms with E-state index in [1.54, 1.807) is 0 Å². The van der Waals surface area contributed by atoms with E-state index in [4.69, 9.17) is 9.47 Å². The smallest absolute Gasteiger partial charge is 0.349 e. The number of ether oxygens (including phenoxy) is 2. The van der Waals surface area contributed by atoms with E-state index in [0.717, 1.165) is 30.5 Å². The minimum atomic E-state index is -0.545. The first-order valence-electron chi connectivity index (χ1n) is 8.63. The Kier molecular flexibility index (Phi) is 6.37. The van der Waals surface area contributed by atoms with Crippen LogP contribution in [0.5, 0.6) is 5.75 Å². The van der Waals surface area contributed by atoms with E-state index < -0.39 is 5.97 Å². The minimum absolute atomic E-state index is 0.233. The fourth-order valence-electron chi connectivity index (χ4n) is 2.86. The van der Waals surface area contributed by atoms with Gasteiger partial charge in [0.1, 0.15) is 11.8 Å². The quantitative estimate of drug-likeness (QED) is 0.640. The summed E-state index contributed by atoms with van der Waals surface area (Å²) in [5.41, 5.74) is 1.97. The molecule has 1 N–H and O–H groups in total.